The first-order valence-electron chi connectivity index (χ1n) is 6.87. The molecule has 1 aromatic rings. The Bertz CT molecular complexity index is 548. The minimum absolute atomic E-state index is 0.0840. The molecule has 0 aromatic heterocycles. The van der Waals surface area contributed by atoms with Gasteiger partial charge >= 0.3 is 6.09 Å². The molecule has 106 valence electrons. The standard InChI is InChI=1S/C15H18N2O3/c1-20-14(19)17-8-6-15(7-9-17)10-11-4-2-3-5-12(11)16-13(15)18/h2-5H,6-10H2,1H3,(H,16,18). The highest BCUT2D eigenvalue weighted by atomic mass is 16.5. The number of para-hydroxylation sites is 1. The summed E-state index contributed by atoms with van der Waals surface area (Å²) in [7, 11) is 1.39. The number of nitrogens with zero attached hydrogens (tertiary/aromatic N) is 1. The van der Waals surface area contributed by atoms with E-state index in [0.29, 0.717) is 25.9 Å². The van der Waals surface area contributed by atoms with Crippen molar-refractivity contribution in [3.05, 3.63) is 29.8 Å². The lowest BCUT2D eigenvalue weighted by atomic mass is 9.71. The third-order valence-corrected chi connectivity index (χ3v) is 4.43. The smallest absolute Gasteiger partial charge is 0.409 e. The number of carbonyl (C=O) groups excluding carboxylic acids is 2. The van der Waals surface area contributed by atoms with Crippen LogP contribution in [-0.2, 0) is 16.0 Å². The Kier molecular flexibility index (Phi) is 3.12. The lowest BCUT2D eigenvalue weighted by Gasteiger charge is -2.42. The van der Waals surface area contributed by atoms with E-state index >= 15 is 0 Å². The molecule has 0 unspecified atom stereocenters. The Morgan fingerprint density at radius 1 is 1.30 bits per heavy atom. The van der Waals surface area contributed by atoms with Gasteiger partial charge in [0.15, 0.2) is 0 Å². The monoisotopic (exact) mass is 274 g/mol. The van der Waals surface area contributed by atoms with E-state index in [9.17, 15) is 9.59 Å². The molecule has 0 saturated carbocycles. The average Bonchev–Trinajstić information content (AvgIpc) is 2.48. The normalized spacial score (nSPS) is 20.2. The van der Waals surface area contributed by atoms with Crippen molar-refractivity contribution in [1.82, 2.24) is 4.90 Å². The van der Waals surface area contributed by atoms with Gasteiger partial charge in [0.1, 0.15) is 0 Å². The first-order chi connectivity index (χ1) is 9.64. The number of methoxy groups -OCH3 is 1. The number of likely N-dealkylation sites (tertiary alicyclic amines) is 1. The maximum absolute atomic E-state index is 12.4. The Balaban J connectivity index is 1.78. The van der Waals surface area contributed by atoms with Gasteiger partial charge in [0.05, 0.1) is 12.5 Å². The van der Waals surface area contributed by atoms with Crippen molar-refractivity contribution in [3.8, 4) is 0 Å². The number of piperidine rings is 1. The fourth-order valence-corrected chi connectivity index (χ4v) is 3.15. The van der Waals surface area contributed by atoms with Gasteiger partial charge in [0.25, 0.3) is 0 Å². The van der Waals surface area contributed by atoms with Crippen LogP contribution in [0.5, 0.6) is 0 Å². The van der Waals surface area contributed by atoms with Crippen LogP contribution in [0.4, 0.5) is 10.5 Å². The molecule has 1 fully saturated rings. The van der Waals surface area contributed by atoms with E-state index in [4.69, 9.17) is 4.74 Å². The van der Waals surface area contributed by atoms with Crippen molar-refractivity contribution >= 4 is 17.7 Å². The first kappa shape index (κ1) is 13.0. The summed E-state index contributed by atoms with van der Waals surface area (Å²) >= 11 is 0. The molecule has 2 aliphatic heterocycles. The first-order valence-corrected chi connectivity index (χ1v) is 6.87. The second kappa shape index (κ2) is 4.81. The molecule has 1 N–H and O–H groups in total. The number of nitrogens with one attached hydrogen (secondary N) is 1. The summed E-state index contributed by atoms with van der Waals surface area (Å²) in [5, 5.41) is 3.00. The van der Waals surface area contributed by atoms with Crippen LogP contribution in [0.15, 0.2) is 24.3 Å². The largest absolute Gasteiger partial charge is 0.453 e. The molecule has 2 aliphatic rings. The molecule has 1 saturated heterocycles. The number of hydrogen-bond acceptors (Lipinski definition) is 3. The van der Waals surface area contributed by atoms with Gasteiger partial charge in [-0.25, -0.2) is 4.79 Å². The van der Waals surface area contributed by atoms with E-state index in [1.807, 2.05) is 18.2 Å². The molecular weight excluding hydrogens is 256 g/mol. The van der Waals surface area contributed by atoms with Crippen molar-refractivity contribution < 1.29 is 14.3 Å². The molecule has 3 rings (SSSR count). The van der Waals surface area contributed by atoms with E-state index in [0.717, 1.165) is 12.1 Å². The number of anilines is 1. The maximum atomic E-state index is 12.4. The van der Waals surface area contributed by atoms with Gasteiger partial charge in [-0.05, 0) is 30.9 Å². The van der Waals surface area contributed by atoms with Crippen LogP contribution in [0.1, 0.15) is 18.4 Å². The van der Waals surface area contributed by atoms with Crippen LogP contribution in [0.2, 0.25) is 0 Å². The second-order valence-electron chi connectivity index (χ2n) is 5.53. The van der Waals surface area contributed by atoms with Crippen LogP contribution in [0.25, 0.3) is 0 Å². The van der Waals surface area contributed by atoms with E-state index in [1.54, 1.807) is 4.90 Å². The molecular formula is C15H18N2O3. The summed E-state index contributed by atoms with van der Waals surface area (Å²) in [6.45, 7) is 1.14. The van der Waals surface area contributed by atoms with Crippen LogP contribution in [0, 0.1) is 5.41 Å². The number of benzene rings is 1. The molecule has 2 heterocycles. The molecule has 2 amide bonds. The summed E-state index contributed by atoms with van der Waals surface area (Å²) in [5.74, 6) is 0.0840. The summed E-state index contributed by atoms with van der Waals surface area (Å²) in [4.78, 5) is 25.6. The van der Waals surface area contributed by atoms with Gasteiger partial charge in [0.2, 0.25) is 5.91 Å². The highest BCUT2D eigenvalue weighted by Crippen LogP contribution is 2.41. The molecule has 5 nitrogen and oxygen atoms in total. The zero-order valence-electron chi connectivity index (χ0n) is 11.5. The minimum Gasteiger partial charge on any atom is -0.453 e. The van der Waals surface area contributed by atoms with Gasteiger partial charge in [-0.1, -0.05) is 18.2 Å². The molecule has 0 atom stereocenters. The maximum Gasteiger partial charge on any atom is 0.409 e. The predicted octanol–water partition coefficient (Wildman–Crippen LogP) is 2.03. The molecule has 0 aliphatic carbocycles. The Morgan fingerprint density at radius 2 is 2.00 bits per heavy atom. The minimum atomic E-state index is -0.376. The van der Waals surface area contributed by atoms with E-state index < -0.39 is 0 Å². The van der Waals surface area contributed by atoms with Crippen LogP contribution < -0.4 is 5.32 Å². The molecule has 20 heavy (non-hydrogen) atoms. The third-order valence-electron chi connectivity index (χ3n) is 4.43. The van der Waals surface area contributed by atoms with Gasteiger partial charge in [-0.15, -0.1) is 0 Å². The Morgan fingerprint density at radius 3 is 2.70 bits per heavy atom. The summed E-state index contributed by atoms with van der Waals surface area (Å²) < 4.78 is 4.73. The summed E-state index contributed by atoms with van der Waals surface area (Å²) in [6, 6.07) is 7.91. The number of rotatable bonds is 0. The number of carbonyl (C=O) groups is 2. The third kappa shape index (κ3) is 2.03. The second-order valence-corrected chi connectivity index (χ2v) is 5.53. The number of amides is 2. The fraction of sp³-hybridized carbons (Fsp3) is 0.467. The predicted molar refractivity (Wildman–Crippen MR) is 74.4 cm³/mol. The van der Waals surface area contributed by atoms with Gasteiger partial charge in [0, 0.05) is 18.8 Å². The highest BCUT2D eigenvalue weighted by Gasteiger charge is 2.45. The van der Waals surface area contributed by atoms with Gasteiger partial charge in [-0.3, -0.25) is 4.79 Å². The molecule has 0 bridgehead atoms. The Labute approximate surface area is 117 Å². The molecule has 0 radical (unpaired) electrons. The topological polar surface area (TPSA) is 58.6 Å². The van der Waals surface area contributed by atoms with Crippen LogP contribution in [-0.4, -0.2) is 37.1 Å². The number of hydrogen-bond donors (Lipinski definition) is 1. The van der Waals surface area contributed by atoms with Crippen molar-refractivity contribution in [2.24, 2.45) is 5.41 Å². The average molecular weight is 274 g/mol. The zero-order chi connectivity index (χ0) is 14.2. The van der Waals surface area contributed by atoms with Crippen LogP contribution in [0.3, 0.4) is 0 Å². The zero-order valence-corrected chi connectivity index (χ0v) is 11.5. The fourth-order valence-electron chi connectivity index (χ4n) is 3.15. The quantitative estimate of drug-likeness (QED) is 0.787. The van der Waals surface area contributed by atoms with Crippen molar-refractivity contribution in [2.45, 2.75) is 19.3 Å². The summed E-state index contributed by atoms with van der Waals surface area (Å²) in [5.41, 5.74) is 1.72. The molecule has 1 aromatic carbocycles. The van der Waals surface area contributed by atoms with E-state index in [2.05, 4.69) is 11.4 Å². The molecule has 5 heteroatoms. The van der Waals surface area contributed by atoms with Crippen molar-refractivity contribution in [1.29, 1.82) is 0 Å². The lowest BCUT2D eigenvalue weighted by Crippen LogP contribution is -2.51. The Hall–Kier alpha value is -2.04. The van der Waals surface area contributed by atoms with E-state index in [1.165, 1.54) is 12.7 Å². The summed E-state index contributed by atoms with van der Waals surface area (Å²) in [6.07, 6.45) is 1.81. The lowest BCUT2D eigenvalue weighted by molar-refractivity contribution is -0.128. The van der Waals surface area contributed by atoms with Crippen molar-refractivity contribution in [3.63, 3.8) is 0 Å². The highest BCUT2D eigenvalue weighted by molar-refractivity contribution is 5.98. The van der Waals surface area contributed by atoms with Crippen molar-refractivity contribution in [2.75, 3.05) is 25.5 Å². The number of ether oxygens (including phenoxy) is 1. The SMILES string of the molecule is COC(=O)N1CCC2(CC1)Cc1ccccc1NC2=O. The van der Waals surface area contributed by atoms with Gasteiger partial charge < -0.3 is 15.0 Å². The number of fused-ring (bicyclic) bond motifs is 1. The van der Waals surface area contributed by atoms with Gasteiger partial charge in [-0.2, -0.15) is 0 Å². The molecule has 1 spiro atoms. The van der Waals surface area contributed by atoms with Crippen LogP contribution >= 0.6 is 0 Å². The van der Waals surface area contributed by atoms with E-state index in [-0.39, 0.29) is 17.4 Å².